The molecule has 0 aliphatic rings. The normalized spacial score (nSPS) is 10.9. The molecule has 0 aliphatic heterocycles. The van der Waals surface area contributed by atoms with Gasteiger partial charge in [-0.15, -0.1) is 0 Å². The van der Waals surface area contributed by atoms with Gasteiger partial charge in [-0.1, -0.05) is 29.3 Å². The maximum Gasteiger partial charge on any atom is 0.261 e. The average molecular weight is 353 g/mol. The maximum absolute atomic E-state index is 11.9. The Morgan fingerprint density at radius 2 is 2.29 bits per heavy atom. The van der Waals surface area contributed by atoms with Gasteiger partial charge in [0.2, 0.25) is 0 Å². The number of hydrogen-bond acceptors (Lipinski definition) is 4. The fraction of sp³-hybridized carbons (Fsp3) is 0.333. The fourth-order valence-electron chi connectivity index (χ4n) is 1.61. The molecule has 0 aliphatic carbocycles. The number of benzene rings is 1. The Labute approximate surface area is 132 Å². The molecule has 0 spiro atoms. The van der Waals surface area contributed by atoms with Gasteiger partial charge < -0.3 is 15.2 Å². The second-order valence-corrected chi connectivity index (χ2v) is 5.18. The standard InChI is InChI=1S/C15H17BrN2O3/c1-3-4-5-18-15(20)11(9-17)6-10-7-14(21-2)13(19)8-12(10)16/h6-8,19H,3-5H2,1-2H3,(H,18,20). The van der Waals surface area contributed by atoms with E-state index >= 15 is 0 Å². The van der Waals surface area contributed by atoms with E-state index in [1.54, 1.807) is 6.07 Å². The number of aromatic hydroxyl groups is 1. The van der Waals surface area contributed by atoms with Gasteiger partial charge in [0.1, 0.15) is 11.6 Å². The highest BCUT2D eigenvalue weighted by molar-refractivity contribution is 9.10. The second-order valence-electron chi connectivity index (χ2n) is 4.32. The number of methoxy groups -OCH3 is 1. The zero-order valence-electron chi connectivity index (χ0n) is 11.9. The minimum atomic E-state index is -0.412. The Morgan fingerprint density at radius 3 is 2.86 bits per heavy atom. The lowest BCUT2D eigenvalue weighted by Gasteiger charge is -2.07. The van der Waals surface area contributed by atoms with E-state index in [4.69, 9.17) is 10.00 Å². The van der Waals surface area contributed by atoms with Crippen LogP contribution >= 0.6 is 15.9 Å². The van der Waals surface area contributed by atoms with Gasteiger partial charge in [-0.3, -0.25) is 4.79 Å². The van der Waals surface area contributed by atoms with E-state index in [-0.39, 0.29) is 17.1 Å². The third kappa shape index (κ3) is 4.80. The molecule has 0 unspecified atom stereocenters. The Kier molecular flexibility index (Phi) is 6.76. The number of phenolic OH excluding ortho intramolecular Hbond substituents is 1. The molecule has 0 saturated heterocycles. The Bertz CT molecular complexity index is 591. The molecule has 6 heteroatoms. The number of rotatable bonds is 6. The van der Waals surface area contributed by atoms with E-state index in [9.17, 15) is 9.90 Å². The van der Waals surface area contributed by atoms with E-state index in [1.807, 2.05) is 13.0 Å². The van der Waals surface area contributed by atoms with Crippen molar-refractivity contribution in [3.05, 3.63) is 27.7 Å². The number of amides is 1. The van der Waals surface area contributed by atoms with Crippen molar-refractivity contribution in [2.45, 2.75) is 19.8 Å². The van der Waals surface area contributed by atoms with Crippen LogP contribution in [0.1, 0.15) is 25.3 Å². The number of unbranched alkanes of at least 4 members (excludes halogenated alkanes) is 1. The van der Waals surface area contributed by atoms with Crippen molar-refractivity contribution in [2.75, 3.05) is 13.7 Å². The van der Waals surface area contributed by atoms with E-state index in [0.29, 0.717) is 16.6 Å². The Hall–Kier alpha value is -2.00. The van der Waals surface area contributed by atoms with Crippen molar-refractivity contribution in [2.24, 2.45) is 0 Å². The molecule has 0 radical (unpaired) electrons. The van der Waals surface area contributed by atoms with E-state index in [1.165, 1.54) is 19.3 Å². The predicted molar refractivity (Wildman–Crippen MR) is 83.9 cm³/mol. The molecule has 0 fully saturated rings. The summed E-state index contributed by atoms with van der Waals surface area (Å²) >= 11 is 3.28. The zero-order chi connectivity index (χ0) is 15.8. The van der Waals surface area contributed by atoms with E-state index < -0.39 is 5.91 Å². The number of nitriles is 1. The first-order chi connectivity index (χ1) is 10.0. The molecule has 1 aromatic rings. The van der Waals surface area contributed by atoms with Gasteiger partial charge in [-0.25, -0.2) is 0 Å². The summed E-state index contributed by atoms with van der Waals surface area (Å²) in [6, 6.07) is 4.89. The zero-order valence-corrected chi connectivity index (χ0v) is 13.5. The first-order valence-corrected chi connectivity index (χ1v) is 7.29. The van der Waals surface area contributed by atoms with Crippen molar-refractivity contribution < 1.29 is 14.6 Å². The molecule has 1 amide bonds. The van der Waals surface area contributed by atoms with Crippen molar-refractivity contribution in [3.8, 4) is 17.6 Å². The Balaban J connectivity index is 3.03. The minimum Gasteiger partial charge on any atom is -0.504 e. The predicted octanol–water partition coefficient (Wildman–Crippen LogP) is 2.99. The molecule has 112 valence electrons. The summed E-state index contributed by atoms with van der Waals surface area (Å²) in [6.45, 7) is 2.56. The highest BCUT2D eigenvalue weighted by Gasteiger charge is 2.11. The quantitative estimate of drug-likeness (QED) is 0.468. The number of carbonyl (C=O) groups is 1. The van der Waals surface area contributed by atoms with Crippen LogP contribution in [-0.2, 0) is 4.79 Å². The lowest BCUT2D eigenvalue weighted by molar-refractivity contribution is -0.117. The molecule has 0 saturated carbocycles. The van der Waals surface area contributed by atoms with Gasteiger partial charge >= 0.3 is 0 Å². The summed E-state index contributed by atoms with van der Waals surface area (Å²) in [5.74, 6) is -0.162. The topological polar surface area (TPSA) is 82.4 Å². The highest BCUT2D eigenvalue weighted by atomic mass is 79.9. The summed E-state index contributed by atoms with van der Waals surface area (Å²) in [5.41, 5.74) is 0.575. The van der Waals surface area contributed by atoms with E-state index in [2.05, 4.69) is 21.2 Å². The lowest BCUT2D eigenvalue weighted by Crippen LogP contribution is -2.25. The summed E-state index contributed by atoms with van der Waals surface area (Å²) in [7, 11) is 1.43. The Morgan fingerprint density at radius 1 is 1.57 bits per heavy atom. The molecule has 1 rings (SSSR count). The van der Waals surface area contributed by atoms with E-state index in [0.717, 1.165) is 12.8 Å². The summed E-state index contributed by atoms with van der Waals surface area (Å²) < 4.78 is 5.58. The molecule has 0 atom stereocenters. The monoisotopic (exact) mass is 352 g/mol. The van der Waals surface area contributed by atoms with Gasteiger partial charge in [0, 0.05) is 11.0 Å². The van der Waals surface area contributed by atoms with Gasteiger partial charge in [-0.2, -0.15) is 5.26 Å². The summed E-state index contributed by atoms with van der Waals surface area (Å²) in [4.78, 5) is 11.9. The number of ether oxygens (including phenoxy) is 1. The first kappa shape index (κ1) is 17.1. The molecule has 21 heavy (non-hydrogen) atoms. The van der Waals surface area contributed by atoms with Crippen molar-refractivity contribution >= 4 is 27.9 Å². The molecule has 5 nitrogen and oxygen atoms in total. The van der Waals surface area contributed by atoms with Crippen LogP contribution in [-0.4, -0.2) is 24.7 Å². The smallest absolute Gasteiger partial charge is 0.261 e. The van der Waals surface area contributed by atoms with Crippen LogP contribution in [0.3, 0.4) is 0 Å². The third-order valence-corrected chi connectivity index (χ3v) is 3.47. The van der Waals surface area contributed by atoms with Crippen LogP contribution in [0.2, 0.25) is 0 Å². The molecule has 0 heterocycles. The number of phenols is 1. The first-order valence-electron chi connectivity index (χ1n) is 6.50. The molecule has 0 aromatic heterocycles. The van der Waals surface area contributed by atoms with Gasteiger partial charge in [0.25, 0.3) is 5.91 Å². The second kappa shape index (κ2) is 8.32. The van der Waals surface area contributed by atoms with Crippen LogP contribution in [0.5, 0.6) is 11.5 Å². The molecule has 1 aromatic carbocycles. The molecular formula is C15H17BrN2O3. The largest absolute Gasteiger partial charge is 0.504 e. The molecular weight excluding hydrogens is 336 g/mol. The summed E-state index contributed by atoms with van der Waals surface area (Å²) in [6.07, 6.45) is 3.28. The number of nitrogens with zero attached hydrogens (tertiary/aromatic N) is 1. The summed E-state index contributed by atoms with van der Waals surface area (Å²) in [5, 5.41) is 21.4. The van der Waals surface area contributed by atoms with Crippen LogP contribution in [0, 0.1) is 11.3 Å². The maximum atomic E-state index is 11.9. The van der Waals surface area contributed by atoms with Crippen molar-refractivity contribution in [1.82, 2.24) is 5.32 Å². The van der Waals surface area contributed by atoms with Gasteiger partial charge in [0.05, 0.1) is 7.11 Å². The minimum absolute atomic E-state index is 0.000420. The number of hydrogen-bond donors (Lipinski definition) is 2. The van der Waals surface area contributed by atoms with Crippen LogP contribution < -0.4 is 10.1 Å². The highest BCUT2D eigenvalue weighted by Crippen LogP contribution is 2.33. The van der Waals surface area contributed by atoms with Crippen molar-refractivity contribution in [3.63, 3.8) is 0 Å². The van der Waals surface area contributed by atoms with Crippen LogP contribution in [0.4, 0.5) is 0 Å². The number of halogens is 1. The number of carbonyl (C=O) groups excluding carboxylic acids is 1. The third-order valence-electron chi connectivity index (χ3n) is 2.78. The van der Waals surface area contributed by atoms with Gasteiger partial charge in [0.15, 0.2) is 11.5 Å². The number of nitrogens with one attached hydrogen (secondary N) is 1. The molecule has 2 N–H and O–H groups in total. The SMILES string of the molecule is CCCCNC(=O)C(C#N)=Cc1cc(OC)c(O)cc1Br. The molecule has 0 bridgehead atoms. The average Bonchev–Trinajstić information content (AvgIpc) is 2.46. The fourth-order valence-corrected chi connectivity index (χ4v) is 2.06. The lowest BCUT2D eigenvalue weighted by atomic mass is 10.1. The van der Waals surface area contributed by atoms with Crippen LogP contribution in [0.25, 0.3) is 6.08 Å². The van der Waals surface area contributed by atoms with Crippen molar-refractivity contribution in [1.29, 1.82) is 5.26 Å². The van der Waals surface area contributed by atoms with Gasteiger partial charge in [-0.05, 0) is 30.2 Å². The van der Waals surface area contributed by atoms with Crippen LogP contribution in [0.15, 0.2) is 22.2 Å².